The molecule has 0 aliphatic heterocycles. The van der Waals surface area contributed by atoms with Crippen LogP contribution in [0.1, 0.15) is 47.0 Å². The van der Waals surface area contributed by atoms with Gasteiger partial charge in [0, 0.05) is 13.1 Å². The van der Waals surface area contributed by atoms with Gasteiger partial charge in [0.05, 0.1) is 5.75 Å². The summed E-state index contributed by atoms with van der Waals surface area (Å²) < 4.78 is 25.2. The van der Waals surface area contributed by atoms with E-state index in [-0.39, 0.29) is 22.9 Å². The first-order valence-corrected chi connectivity index (χ1v) is 9.40. The largest absolute Gasteiger partial charge is 0.346 e. The van der Waals surface area contributed by atoms with Gasteiger partial charge in [-0.2, -0.15) is 4.68 Å². The second kappa shape index (κ2) is 8.26. The van der Waals surface area contributed by atoms with Crippen LogP contribution >= 0.6 is 0 Å². The molecule has 1 aromatic heterocycles. The Bertz CT molecular complexity index is 581. The SMILES string of the molecule is CCCCN(CCC)C(=O)n1cnc(S(=O)(=O)CC(C)C)n1. The molecular weight excluding hydrogens is 304 g/mol. The van der Waals surface area contributed by atoms with Gasteiger partial charge in [0.2, 0.25) is 9.84 Å². The molecule has 22 heavy (non-hydrogen) atoms. The summed E-state index contributed by atoms with van der Waals surface area (Å²) in [5.41, 5.74) is 0. The number of carbonyl (C=O) groups excluding carboxylic acids is 1. The Morgan fingerprint density at radius 1 is 1.27 bits per heavy atom. The zero-order valence-corrected chi connectivity index (χ0v) is 14.6. The van der Waals surface area contributed by atoms with Gasteiger partial charge in [-0.3, -0.25) is 0 Å². The first kappa shape index (κ1) is 18.6. The topological polar surface area (TPSA) is 85.2 Å². The van der Waals surface area contributed by atoms with Gasteiger partial charge in [-0.1, -0.05) is 34.1 Å². The molecule has 0 bridgehead atoms. The standard InChI is InChI=1S/C14H26N4O3S/c1-5-7-9-17(8-6-2)14(19)18-11-15-13(16-18)22(20,21)10-12(3)4/h11-12H,5-10H2,1-4H3. The van der Waals surface area contributed by atoms with E-state index in [0.29, 0.717) is 13.1 Å². The van der Waals surface area contributed by atoms with E-state index in [1.54, 1.807) is 4.90 Å². The van der Waals surface area contributed by atoms with Crippen LogP contribution in [-0.4, -0.2) is 53.0 Å². The van der Waals surface area contributed by atoms with Crippen molar-refractivity contribution in [2.75, 3.05) is 18.8 Å². The lowest BCUT2D eigenvalue weighted by molar-refractivity contribution is 0.195. The number of aromatic nitrogens is 3. The summed E-state index contributed by atoms with van der Waals surface area (Å²) in [4.78, 5) is 17.9. The molecule has 8 heteroatoms. The minimum atomic E-state index is -3.54. The second-order valence-corrected chi connectivity index (χ2v) is 7.70. The number of hydrogen-bond acceptors (Lipinski definition) is 5. The monoisotopic (exact) mass is 330 g/mol. The van der Waals surface area contributed by atoms with Crippen LogP contribution in [0, 0.1) is 5.92 Å². The van der Waals surface area contributed by atoms with Gasteiger partial charge in [-0.05, 0) is 18.8 Å². The summed E-state index contributed by atoms with van der Waals surface area (Å²) in [5, 5.41) is 3.60. The van der Waals surface area contributed by atoms with Crippen molar-refractivity contribution in [2.45, 2.75) is 52.1 Å². The zero-order valence-electron chi connectivity index (χ0n) is 13.8. The van der Waals surface area contributed by atoms with Gasteiger partial charge in [-0.25, -0.2) is 18.2 Å². The van der Waals surface area contributed by atoms with Crippen LogP contribution < -0.4 is 0 Å². The molecule has 7 nitrogen and oxygen atoms in total. The minimum absolute atomic E-state index is 0.0196. The molecule has 0 atom stereocenters. The Morgan fingerprint density at radius 2 is 1.95 bits per heavy atom. The van der Waals surface area contributed by atoms with E-state index >= 15 is 0 Å². The summed E-state index contributed by atoms with van der Waals surface area (Å²) >= 11 is 0. The van der Waals surface area contributed by atoms with Crippen molar-refractivity contribution in [1.29, 1.82) is 0 Å². The molecule has 0 unspecified atom stereocenters. The van der Waals surface area contributed by atoms with Crippen LogP contribution in [-0.2, 0) is 9.84 Å². The first-order chi connectivity index (χ1) is 10.3. The molecule has 0 aliphatic carbocycles. The van der Waals surface area contributed by atoms with Crippen LogP contribution in [0.4, 0.5) is 4.79 Å². The maximum Gasteiger partial charge on any atom is 0.346 e. The molecule has 0 saturated heterocycles. The highest BCUT2D eigenvalue weighted by Crippen LogP contribution is 2.09. The Labute approximate surface area is 132 Å². The molecule has 0 radical (unpaired) electrons. The van der Waals surface area contributed by atoms with Gasteiger partial charge in [-0.15, -0.1) is 5.10 Å². The van der Waals surface area contributed by atoms with Crippen molar-refractivity contribution < 1.29 is 13.2 Å². The number of rotatable bonds is 8. The van der Waals surface area contributed by atoms with E-state index in [1.165, 1.54) is 6.33 Å². The molecule has 0 aromatic carbocycles. The normalized spacial score (nSPS) is 11.9. The van der Waals surface area contributed by atoms with Crippen LogP contribution in [0.15, 0.2) is 11.5 Å². The first-order valence-electron chi connectivity index (χ1n) is 7.75. The zero-order chi connectivity index (χ0) is 16.8. The van der Waals surface area contributed by atoms with Gasteiger partial charge < -0.3 is 4.90 Å². The number of hydrogen-bond donors (Lipinski definition) is 0. The van der Waals surface area contributed by atoms with Crippen LogP contribution in [0.25, 0.3) is 0 Å². The molecule has 126 valence electrons. The predicted molar refractivity (Wildman–Crippen MR) is 84.5 cm³/mol. The van der Waals surface area contributed by atoms with Crippen molar-refractivity contribution in [3.05, 3.63) is 6.33 Å². The van der Waals surface area contributed by atoms with E-state index in [4.69, 9.17) is 0 Å². The van der Waals surface area contributed by atoms with Crippen LogP contribution in [0.2, 0.25) is 0 Å². The van der Waals surface area contributed by atoms with Crippen molar-refractivity contribution in [3.8, 4) is 0 Å². The Morgan fingerprint density at radius 3 is 2.50 bits per heavy atom. The van der Waals surface area contributed by atoms with Gasteiger partial charge in [0.25, 0.3) is 5.16 Å². The Kier molecular flexibility index (Phi) is 6.99. The number of unbranched alkanes of at least 4 members (excludes halogenated alkanes) is 1. The predicted octanol–water partition coefficient (Wildman–Crippen LogP) is 2.19. The summed E-state index contributed by atoms with van der Waals surface area (Å²) in [7, 11) is -3.54. The highest BCUT2D eigenvalue weighted by Gasteiger charge is 2.24. The molecule has 1 heterocycles. The van der Waals surface area contributed by atoms with Crippen molar-refractivity contribution in [3.63, 3.8) is 0 Å². The highest BCUT2D eigenvalue weighted by atomic mass is 32.2. The summed E-state index contributed by atoms with van der Waals surface area (Å²) in [6.45, 7) is 8.93. The van der Waals surface area contributed by atoms with E-state index in [0.717, 1.165) is 23.9 Å². The van der Waals surface area contributed by atoms with Crippen LogP contribution in [0.3, 0.4) is 0 Å². The maximum atomic E-state index is 12.4. The number of sulfone groups is 1. The minimum Gasteiger partial charge on any atom is -0.323 e. The average Bonchev–Trinajstić information content (AvgIpc) is 2.92. The third kappa shape index (κ3) is 5.08. The quantitative estimate of drug-likeness (QED) is 0.729. The summed E-state index contributed by atoms with van der Waals surface area (Å²) in [6, 6.07) is -0.325. The molecular formula is C14H26N4O3S. The van der Waals surface area contributed by atoms with Crippen LogP contribution in [0.5, 0.6) is 0 Å². The number of carbonyl (C=O) groups is 1. The number of amides is 1. The molecule has 1 aromatic rings. The van der Waals surface area contributed by atoms with Gasteiger partial charge in [0.15, 0.2) is 0 Å². The third-order valence-corrected chi connectivity index (χ3v) is 4.89. The lowest BCUT2D eigenvalue weighted by Gasteiger charge is -2.20. The van der Waals surface area contributed by atoms with Crippen molar-refractivity contribution in [1.82, 2.24) is 19.7 Å². The molecule has 0 N–H and O–H groups in total. The second-order valence-electron chi connectivity index (χ2n) is 5.77. The van der Waals surface area contributed by atoms with E-state index in [1.807, 2.05) is 20.8 Å². The number of nitrogens with zero attached hydrogens (tertiary/aromatic N) is 4. The van der Waals surface area contributed by atoms with E-state index < -0.39 is 9.84 Å². The molecule has 0 aliphatic rings. The molecule has 1 amide bonds. The van der Waals surface area contributed by atoms with E-state index in [2.05, 4.69) is 17.0 Å². The van der Waals surface area contributed by atoms with E-state index in [9.17, 15) is 13.2 Å². The lowest BCUT2D eigenvalue weighted by Crippen LogP contribution is -2.36. The molecule has 1 rings (SSSR count). The third-order valence-electron chi connectivity index (χ3n) is 3.04. The van der Waals surface area contributed by atoms with Crippen molar-refractivity contribution in [2.24, 2.45) is 5.92 Å². The molecule has 0 saturated carbocycles. The fourth-order valence-electron chi connectivity index (χ4n) is 2.06. The highest BCUT2D eigenvalue weighted by molar-refractivity contribution is 7.91. The van der Waals surface area contributed by atoms with Gasteiger partial charge in [0.1, 0.15) is 6.33 Å². The average molecular weight is 330 g/mol. The fourth-order valence-corrected chi connectivity index (χ4v) is 3.51. The lowest BCUT2D eigenvalue weighted by atomic mass is 10.3. The summed E-state index contributed by atoms with van der Waals surface area (Å²) in [5.74, 6) is -0.0477. The Balaban J connectivity index is 2.91. The van der Waals surface area contributed by atoms with Crippen molar-refractivity contribution >= 4 is 15.9 Å². The Hall–Kier alpha value is -1.44. The fraction of sp³-hybridized carbons (Fsp3) is 0.786. The smallest absolute Gasteiger partial charge is 0.323 e. The molecule has 0 fully saturated rings. The maximum absolute atomic E-state index is 12.4. The summed E-state index contributed by atoms with van der Waals surface area (Å²) in [6.07, 6.45) is 3.91. The van der Waals surface area contributed by atoms with Gasteiger partial charge >= 0.3 is 6.03 Å². The molecule has 0 spiro atoms.